The number of hydrogen-bond acceptors (Lipinski definition) is 6. The lowest BCUT2D eigenvalue weighted by atomic mass is 10.2. The highest BCUT2D eigenvalue weighted by Gasteiger charge is 2.17. The highest BCUT2D eigenvalue weighted by molar-refractivity contribution is 7.89. The summed E-state index contributed by atoms with van der Waals surface area (Å²) in [5, 5.41) is 12.4. The van der Waals surface area contributed by atoms with Gasteiger partial charge in [-0.05, 0) is 25.2 Å². The predicted molar refractivity (Wildman–Crippen MR) is 73.5 cm³/mol. The number of benzene rings is 1. The van der Waals surface area contributed by atoms with E-state index in [1.54, 1.807) is 12.1 Å². The summed E-state index contributed by atoms with van der Waals surface area (Å²) in [6, 6.07) is 4.50. The zero-order valence-electron chi connectivity index (χ0n) is 10.9. The van der Waals surface area contributed by atoms with Crippen LogP contribution in [-0.2, 0) is 14.8 Å². The van der Waals surface area contributed by atoms with Crippen molar-refractivity contribution in [3.05, 3.63) is 18.2 Å². The van der Waals surface area contributed by atoms with Crippen LogP contribution in [0.2, 0.25) is 0 Å². The summed E-state index contributed by atoms with van der Waals surface area (Å²) in [5.41, 5.74) is 6.31. The summed E-state index contributed by atoms with van der Waals surface area (Å²) in [6.45, 7) is 0.333. The summed E-state index contributed by atoms with van der Waals surface area (Å²) in [7, 11) is -0.820. The quantitative estimate of drug-likeness (QED) is 0.508. The number of methoxy groups -OCH3 is 1. The van der Waals surface area contributed by atoms with Crippen molar-refractivity contribution in [2.45, 2.75) is 11.0 Å². The molecular formula is C11H19N3O4S. The molecule has 1 aromatic rings. The molecule has 19 heavy (non-hydrogen) atoms. The predicted octanol–water partition coefficient (Wildman–Crippen LogP) is -0.404. The molecule has 0 saturated carbocycles. The van der Waals surface area contributed by atoms with Crippen LogP contribution in [0, 0.1) is 0 Å². The molecule has 1 unspecified atom stereocenters. The third kappa shape index (κ3) is 4.35. The van der Waals surface area contributed by atoms with Crippen LogP contribution >= 0.6 is 0 Å². The van der Waals surface area contributed by atoms with Crippen LogP contribution in [0.4, 0.5) is 11.4 Å². The molecule has 0 bridgehead atoms. The standard InChI is InChI=1S/C11H19N3O4S/c1-13-19(16,17)11-5-8(12)3-4-10(11)14-6-9(15)7-18-2/h3-5,9,13-15H,6-7,12H2,1-2H3. The maximum atomic E-state index is 11.9. The fraction of sp³-hybridized carbons (Fsp3) is 0.455. The minimum absolute atomic E-state index is 0.0413. The Labute approximate surface area is 112 Å². The van der Waals surface area contributed by atoms with Crippen LogP contribution in [0.25, 0.3) is 0 Å². The van der Waals surface area contributed by atoms with E-state index >= 15 is 0 Å². The van der Waals surface area contributed by atoms with Crippen LogP contribution in [0.3, 0.4) is 0 Å². The van der Waals surface area contributed by atoms with Gasteiger partial charge >= 0.3 is 0 Å². The van der Waals surface area contributed by atoms with E-state index in [4.69, 9.17) is 10.5 Å². The van der Waals surface area contributed by atoms with Gasteiger partial charge in [0, 0.05) is 19.3 Å². The van der Waals surface area contributed by atoms with Crippen LogP contribution in [0.1, 0.15) is 0 Å². The topological polar surface area (TPSA) is 114 Å². The maximum Gasteiger partial charge on any atom is 0.242 e. The summed E-state index contributed by atoms with van der Waals surface area (Å²) in [5.74, 6) is 0. The zero-order valence-corrected chi connectivity index (χ0v) is 11.7. The molecule has 0 aromatic heterocycles. The second kappa shape index (κ2) is 6.71. The lowest BCUT2D eigenvalue weighted by Gasteiger charge is -2.15. The average molecular weight is 289 g/mol. The molecule has 1 aromatic carbocycles. The summed E-state index contributed by atoms with van der Waals surface area (Å²) < 4.78 is 30.7. The van der Waals surface area contributed by atoms with Gasteiger partial charge in [0.2, 0.25) is 10.0 Å². The number of nitrogens with two attached hydrogens (primary N) is 1. The highest BCUT2D eigenvalue weighted by atomic mass is 32.2. The average Bonchev–Trinajstić information content (AvgIpc) is 2.37. The SMILES string of the molecule is CNS(=O)(=O)c1cc(N)ccc1NCC(O)COC. The fourth-order valence-electron chi connectivity index (χ4n) is 1.50. The largest absolute Gasteiger partial charge is 0.399 e. The molecule has 0 aliphatic rings. The van der Waals surface area contributed by atoms with Crippen LogP contribution in [-0.4, -0.2) is 46.9 Å². The van der Waals surface area contributed by atoms with Gasteiger partial charge in [0.1, 0.15) is 4.90 Å². The van der Waals surface area contributed by atoms with Crippen LogP contribution in [0.5, 0.6) is 0 Å². The lowest BCUT2D eigenvalue weighted by Crippen LogP contribution is -2.26. The Bertz CT molecular complexity index is 519. The Balaban J connectivity index is 2.95. The van der Waals surface area contributed by atoms with Gasteiger partial charge in [-0.15, -0.1) is 0 Å². The Morgan fingerprint density at radius 3 is 2.74 bits per heavy atom. The Hall–Kier alpha value is -1.35. The molecule has 108 valence electrons. The molecule has 8 heteroatoms. The molecule has 0 heterocycles. The fourth-order valence-corrected chi connectivity index (χ4v) is 2.44. The molecule has 0 saturated heterocycles. The van der Waals surface area contributed by atoms with Gasteiger partial charge in [-0.25, -0.2) is 13.1 Å². The first kappa shape index (κ1) is 15.7. The number of aliphatic hydroxyl groups is 1. The maximum absolute atomic E-state index is 11.9. The summed E-state index contributed by atoms with van der Waals surface area (Å²) in [4.78, 5) is 0.0413. The van der Waals surface area contributed by atoms with Crippen molar-refractivity contribution in [3.8, 4) is 0 Å². The molecule has 0 spiro atoms. The number of hydrogen-bond donors (Lipinski definition) is 4. The number of anilines is 2. The number of sulfonamides is 1. The molecule has 0 aliphatic heterocycles. The molecule has 5 N–H and O–H groups in total. The Kier molecular flexibility index (Phi) is 5.55. The smallest absolute Gasteiger partial charge is 0.242 e. The molecule has 7 nitrogen and oxygen atoms in total. The summed E-state index contributed by atoms with van der Waals surface area (Å²) >= 11 is 0. The Morgan fingerprint density at radius 2 is 2.16 bits per heavy atom. The third-order valence-corrected chi connectivity index (χ3v) is 3.91. The lowest BCUT2D eigenvalue weighted by molar-refractivity contribution is 0.0727. The van der Waals surface area contributed by atoms with Gasteiger partial charge in [-0.3, -0.25) is 0 Å². The number of nitrogen functional groups attached to an aromatic ring is 1. The number of nitrogens with one attached hydrogen (secondary N) is 2. The van der Waals surface area contributed by atoms with Crippen molar-refractivity contribution < 1.29 is 18.3 Å². The van der Waals surface area contributed by atoms with Crippen molar-refractivity contribution in [3.63, 3.8) is 0 Å². The van der Waals surface area contributed by atoms with Crippen molar-refractivity contribution in [2.75, 3.05) is 38.4 Å². The number of rotatable bonds is 7. The molecular weight excluding hydrogens is 270 g/mol. The van der Waals surface area contributed by atoms with E-state index in [2.05, 4.69) is 10.0 Å². The first-order chi connectivity index (χ1) is 8.90. The molecule has 1 atom stereocenters. The van der Waals surface area contributed by atoms with Crippen molar-refractivity contribution in [2.24, 2.45) is 0 Å². The number of aliphatic hydroxyl groups excluding tert-OH is 1. The van der Waals surface area contributed by atoms with E-state index in [-0.39, 0.29) is 18.0 Å². The highest BCUT2D eigenvalue weighted by Crippen LogP contribution is 2.23. The first-order valence-electron chi connectivity index (χ1n) is 5.64. The minimum Gasteiger partial charge on any atom is -0.399 e. The van der Waals surface area contributed by atoms with Crippen molar-refractivity contribution in [1.29, 1.82) is 0 Å². The second-order valence-electron chi connectivity index (χ2n) is 3.95. The normalized spacial score (nSPS) is 13.2. The van der Waals surface area contributed by atoms with Crippen molar-refractivity contribution in [1.82, 2.24) is 4.72 Å². The van der Waals surface area contributed by atoms with Gasteiger partial charge < -0.3 is 20.9 Å². The van der Waals surface area contributed by atoms with E-state index < -0.39 is 16.1 Å². The Morgan fingerprint density at radius 1 is 1.47 bits per heavy atom. The third-order valence-electron chi connectivity index (χ3n) is 2.45. The van der Waals surface area contributed by atoms with Gasteiger partial charge in [-0.2, -0.15) is 0 Å². The van der Waals surface area contributed by atoms with E-state index in [0.29, 0.717) is 11.4 Å². The number of ether oxygens (including phenoxy) is 1. The molecule has 0 radical (unpaired) electrons. The second-order valence-corrected chi connectivity index (χ2v) is 5.81. The van der Waals surface area contributed by atoms with Crippen LogP contribution < -0.4 is 15.8 Å². The van der Waals surface area contributed by atoms with Gasteiger partial charge in [0.15, 0.2) is 0 Å². The molecule has 0 aliphatic carbocycles. The van der Waals surface area contributed by atoms with Crippen molar-refractivity contribution >= 4 is 21.4 Å². The van der Waals surface area contributed by atoms with Gasteiger partial charge in [-0.1, -0.05) is 0 Å². The zero-order chi connectivity index (χ0) is 14.5. The monoisotopic (exact) mass is 289 g/mol. The van der Waals surface area contributed by atoms with E-state index in [0.717, 1.165) is 0 Å². The molecule has 1 rings (SSSR count). The first-order valence-corrected chi connectivity index (χ1v) is 7.13. The minimum atomic E-state index is -3.62. The molecule has 0 fully saturated rings. The van der Waals surface area contributed by atoms with E-state index in [1.165, 1.54) is 20.2 Å². The van der Waals surface area contributed by atoms with E-state index in [1.807, 2.05) is 0 Å². The molecule has 0 amide bonds. The van der Waals surface area contributed by atoms with Crippen LogP contribution in [0.15, 0.2) is 23.1 Å². The van der Waals surface area contributed by atoms with Gasteiger partial charge in [0.05, 0.1) is 18.4 Å². The summed E-state index contributed by atoms with van der Waals surface area (Å²) in [6.07, 6.45) is -0.729. The van der Waals surface area contributed by atoms with Gasteiger partial charge in [0.25, 0.3) is 0 Å². The van der Waals surface area contributed by atoms with E-state index in [9.17, 15) is 13.5 Å².